The van der Waals surface area contributed by atoms with Gasteiger partial charge in [0, 0.05) is 10.8 Å². The maximum absolute atomic E-state index is 14.0. The van der Waals surface area contributed by atoms with Gasteiger partial charge in [0.1, 0.15) is 0 Å². The molecule has 2 fully saturated rings. The van der Waals surface area contributed by atoms with Crippen molar-refractivity contribution in [1.82, 2.24) is 0 Å². The summed E-state index contributed by atoms with van der Waals surface area (Å²) >= 11 is 0. The molecule has 0 aromatic rings. The Balaban J connectivity index is 2.51. The van der Waals surface area contributed by atoms with Crippen molar-refractivity contribution in [3.63, 3.8) is 0 Å². The van der Waals surface area contributed by atoms with Gasteiger partial charge in [-0.05, 0) is 39.5 Å². The third kappa shape index (κ3) is 5.96. The quantitative estimate of drug-likeness (QED) is 0.270. The molecule has 2 atom stereocenters. The average molecular weight is 527 g/mol. The summed E-state index contributed by atoms with van der Waals surface area (Å²) in [5.74, 6) is -2.07. The molecule has 0 N–H and O–H groups in total. The molecule has 10 nitrogen and oxygen atoms in total. The van der Waals surface area contributed by atoms with E-state index in [2.05, 4.69) is 0 Å². The smallest absolute Gasteiger partial charge is 0.346 e. The number of hydrogen-bond donors (Lipinski definition) is 0. The molecule has 2 heterocycles. The van der Waals surface area contributed by atoms with Crippen molar-refractivity contribution in [2.75, 3.05) is 39.6 Å². The molecule has 0 saturated carbocycles. The third-order valence-corrected chi connectivity index (χ3v) is 11.8. The molecule has 2 aliphatic heterocycles. The van der Waals surface area contributed by atoms with Crippen LogP contribution in [0.5, 0.6) is 0 Å². The first-order valence-corrected chi connectivity index (χ1v) is 15.4. The first-order valence-electron chi connectivity index (χ1n) is 12.1. The number of ether oxygens (including phenoxy) is 2. The maximum atomic E-state index is 14.0. The van der Waals surface area contributed by atoms with Gasteiger partial charge in [-0.25, -0.2) is 0 Å². The van der Waals surface area contributed by atoms with Crippen molar-refractivity contribution in [3.05, 3.63) is 0 Å². The van der Waals surface area contributed by atoms with Crippen molar-refractivity contribution < 1.29 is 46.3 Å². The van der Waals surface area contributed by atoms with E-state index in [0.29, 0.717) is 25.7 Å². The highest BCUT2D eigenvalue weighted by molar-refractivity contribution is 7.60. The molecule has 0 aromatic heterocycles. The molecule has 0 unspecified atom stereocenters. The number of carbonyl (C=O) groups is 2. The van der Waals surface area contributed by atoms with Gasteiger partial charge in [-0.2, -0.15) is 0 Å². The maximum Gasteiger partial charge on any atom is 0.346 e. The van der Waals surface area contributed by atoms with Crippen LogP contribution in [0.4, 0.5) is 0 Å². The highest BCUT2D eigenvalue weighted by atomic mass is 31.2. The lowest BCUT2D eigenvalue weighted by atomic mass is 9.84. The van der Waals surface area contributed by atoms with Crippen LogP contribution in [0.15, 0.2) is 0 Å². The average Bonchev–Trinajstić information content (AvgIpc) is 2.84. The number of rotatable bonds is 11. The standard InChI is InChI=1S/C22H40O10P2/c1-7-21(8-2)13-29-33(25,30-14-21)17(19(23)27-11-5)18(20(24)28-12-6)34(26)31-15-22(9-3,10-4)16-32-34/h17-18H,7-16H2,1-6H3/t17-,18+. The Morgan fingerprint density at radius 2 is 0.912 bits per heavy atom. The molecule has 0 spiro atoms. The van der Waals surface area contributed by atoms with Crippen LogP contribution < -0.4 is 0 Å². The minimum Gasteiger partial charge on any atom is -0.465 e. The monoisotopic (exact) mass is 526 g/mol. The Morgan fingerprint density at radius 1 is 0.647 bits per heavy atom. The minimum absolute atomic E-state index is 0.0560. The van der Waals surface area contributed by atoms with Gasteiger partial charge < -0.3 is 27.6 Å². The Labute approximate surface area is 202 Å². The normalized spacial score (nSPS) is 24.5. The van der Waals surface area contributed by atoms with Gasteiger partial charge in [-0.1, -0.05) is 27.7 Å². The van der Waals surface area contributed by atoms with Gasteiger partial charge in [0.05, 0.1) is 39.6 Å². The van der Waals surface area contributed by atoms with E-state index in [4.69, 9.17) is 27.6 Å². The number of carbonyl (C=O) groups excluding carboxylic acids is 2. The Bertz CT molecular complexity index is 712. The second kappa shape index (κ2) is 12.0. The van der Waals surface area contributed by atoms with E-state index in [1.54, 1.807) is 13.8 Å². The highest BCUT2D eigenvalue weighted by Crippen LogP contribution is 2.68. The van der Waals surface area contributed by atoms with Crippen LogP contribution in [0, 0.1) is 10.8 Å². The van der Waals surface area contributed by atoms with Crippen LogP contribution in [0.2, 0.25) is 0 Å². The summed E-state index contributed by atoms with van der Waals surface area (Å²) < 4.78 is 61.1. The van der Waals surface area contributed by atoms with Crippen LogP contribution >= 0.6 is 15.2 Å². The molecule has 12 heteroatoms. The van der Waals surface area contributed by atoms with Crippen LogP contribution in [0.25, 0.3) is 0 Å². The molecule has 0 radical (unpaired) electrons. The summed E-state index contributed by atoms with van der Waals surface area (Å²) in [4.78, 5) is 26.3. The molecule has 0 aromatic carbocycles. The van der Waals surface area contributed by atoms with Crippen LogP contribution in [-0.4, -0.2) is 62.9 Å². The van der Waals surface area contributed by atoms with E-state index in [0.717, 1.165) is 0 Å². The Morgan fingerprint density at radius 3 is 1.12 bits per heavy atom. The number of esters is 2. The molecule has 2 rings (SSSR count). The summed E-state index contributed by atoms with van der Waals surface area (Å²) in [5.41, 5.74) is -4.45. The van der Waals surface area contributed by atoms with Crippen molar-refractivity contribution in [2.24, 2.45) is 10.8 Å². The number of hydrogen-bond acceptors (Lipinski definition) is 10. The zero-order valence-electron chi connectivity index (χ0n) is 21.2. The molecule has 2 aliphatic rings. The highest BCUT2D eigenvalue weighted by Gasteiger charge is 2.63. The lowest BCUT2D eigenvalue weighted by molar-refractivity contribution is -0.150. The lowest BCUT2D eigenvalue weighted by Crippen LogP contribution is -2.48. The largest absolute Gasteiger partial charge is 0.465 e. The topological polar surface area (TPSA) is 124 Å². The fourth-order valence-corrected chi connectivity index (χ4v) is 9.21. The van der Waals surface area contributed by atoms with Gasteiger partial charge in [0.25, 0.3) is 0 Å². The van der Waals surface area contributed by atoms with Crippen molar-refractivity contribution >= 4 is 27.1 Å². The van der Waals surface area contributed by atoms with Crippen molar-refractivity contribution in [3.8, 4) is 0 Å². The molecule has 34 heavy (non-hydrogen) atoms. The summed E-state index contributed by atoms with van der Waals surface area (Å²) in [6.45, 7) is 11.1. The molecule has 2 saturated heterocycles. The van der Waals surface area contributed by atoms with E-state index in [-0.39, 0.29) is 50.5 Å². The van der Waals surface area contributed by atoms with E-state index >= 15 is 0 Å². The molecule has 0 bridgehead atoms. The summed E-state index contributed by atoms with van der Waals surface area (Å²) in [6, 6.07) is 0. The van der Waals surface area contributed by atoms with Gasteiger partial charge in [-0.3, -0.25) is 18.7 Å². The molecule has 0 aliphatic carbocycles. The van der Waals surface area contributed by atoms with Crippen LogP contribution in [0.3, 0.4) is 0 Å². The van der Waals surface area contributed by atoms with E-state index < -0.39 is 38.4 Å². The SMILES string of the molecule is CCOC(=O)[C@H]([C@H](C(=O)OCC)P1(=O)OCC(CC)(CC)CO1)P1(=O)OCC(CC)(CC)CO1. The van der Waals surface area contributed by atoms with Crippen molar-refractivity contribution in [2.45, 2.75) is 78.5 Å². The summed E-state index contributed by atoms with van der Waals surface area (Å²) in [6.07, 6.45) is 2.82. The molecular weight excluding hydrogens is 486 g/mol. The summed E-state index contributed by atoms with van der Waals surface area (Å²) in [7, 11) is -8.62. The molecule has 198 valence electrons. The van der Waals surface area contributed by atoms with Gasteiger partial charge in [0.2, 0.25) is 0 Å². The fraction of sp³-hybridized carbons (Fsp3) is 0.909. The second-order valence-electron chi connectivity index (χ2n) is 8.98. The molecular formula is C22H40O10P2. The minimum atomic E-state index is -4.31. The predicted molar refractivity (Wildman–Crippen MR) is 126 cm³/mol. The zero-order chi connectivity index (χ0) is 25.6. The van der Waals surface area contributed by atoms with Gasteiger partial charge in [-0.15, -0.1) is 0 Å². The van der Waals surface area contributed by atoms with Gasteiger partial charge >= 0.3 is 27.1 Å². The van der Waals surface area contributed by atoms with E-state index in [1.807, 2.05) is 27.7 Å². The van der Waals surface area contributed by atoms with E-state index in [9.17, 15) is 18.7 Å². The summed E-state index contributed by atoms with van der Waals surface area (Å²) in [5, 5.41) is 0. The van der Waals surface area contributed by atoms with Crippen molar-refractivity contribution in [1.29, 1.82) is 0 Å². The zero-order valence-corrected chi connectivity index (χ0v) is 23.0. The first-order chi connectivity index (χ1) is 16.0. The van der Waals surface area contributed by atoms with E-state index in [1.165, 1.54) is 0 Å². The lowest BCUT2D eigenvalue weighted by Gasteiger charge is -2.43. The molecule has 0 amide bonds. The second-order valence-corrected chi connectivity index (χ2v) is 13.3. The Kier molecular flexibility index (Phi) is 10.4. The fourth-order valence-electron chi connectivity index (χ4n) is 4.02. The predicted octanol–water partition coefficient (Wildman–Crippen LogP) is 4.94. The van der Waals surface area contributed by atoms with Gasteiger partial charge in [0.15, 0.2) is 11.3 Å². The van der Waals surface area contributed by atoms with Crippen LogP contribution in [0.1, 0.15) is 67.2 Å². The third-order valence-electron chi connectivity index (χ3n) is 7.24. The Hall–Kier alpha value is -0.760. The van der Waals surface area contributed by atoms with Crippen LogP contribution in [-0.2, 0) is 46.3 Å². The first kappa shape index (κ1) is 29.5.